The molecule has 0 heterocycles. The molecule has 0 aromatic rings. The molecule has 4 aliphatic rings. The van der Waals surface area contributed by atoms with E-state index >= 15 is 0 Å². The lowest BCUT2D eigenvalue weighted by Crippen LogP contribution is -2.52. The number of hydrogen-bond acceptors (Lipinski definition) is 1. The number of carbonyl (C=O) groups is 1. The maximum absolute atomic E-state index is 13.3. The summed E-state index contributed by atoms with van der Waals surface area (Å²) in [7, 11) is 0. The number of hydrogen-bond donors (Lipinski definition) is 0. The molecule has 0 bridgehead atoms. The maximum atomic E-state index is 13.3. The van der Waals surface area contributed by atoms with E-state index in [2.05, 4.69) is 52.8 Å². The first-order valence-electron chi connectivity index (χ1n) is 12.2. The third-order valence-electron chi connectivity index (χ3n) is 9.70. The van der Waals surface area contributed by atoms with Crippen molar-refractivity contribution >= 4 is 5.78 Å². The molecule has 2 fully saturated rings. The smallest absolute Gasteiger partial charge is 0.159 e. The van der Waals surface area contributed by atoms with Gasteiger partial charge in [-0.2, -0.15) is 0 Å². The number of fused-ring (bicyclic) bond motifs is 5. The van der Waals surface area contributed by atoms with E-state index in [-0.39, 0.29) is 5.41 Å². The SMILES string of the molecule is CC(C)CCC[C@@H](C)[C@@H]1CC[C@@H]2[C@H]3C(=O)C=C4C=CCC[C@]4(C)[C@@H]3CC[C@]21C. The minimum atomic E-state index is 0.246. The molecule has 0 amide bonds. The second-order valence-electron chi connectivity index (χ2n) is 11.6. The van der Waals surface area contributed by atoms with Crippen molar-refractivity contribution in [3.8, 4) is 0 Å². The first-order chi connectivity index (χ1) is 13.3. The fourth-order valence-corrected chi connectivity index (χ4v) is 8.07. The Morgan fingerprint density at radius 3 is 2.57 bits per heavy atom. The van der Waals surface area contributed by atoms with E-state index < -0.39 is 0 Å². The van der Waals surface area contributed by atoms with Gasteiger partial charge in [0.05, 0.1) is 0 Å². The lowest BCUT2D eigenvalue weighted by atomic mass is 9.47. The zero-order valence-electron chi connectivity index (χ0n) is 19.0. The molecule has 156 valence electrons. The van der Waals surface area contributed by atoms with Crippen LogP contribution in [0.15, 0.2) is 23.8 Å². The minimum absolute atomic E-state index is 0.246. The van der Waals surface area contributed by atoms with Gasteiger partial charge >= 0.3 is 0 Å². The van der Waals surface area contributed by atoms with Crippen LogP contribution in [0, 0.1) is 46.3 Å². The molecule has 0 saturated heterocycles. The molecule has 0 radical (unpaired) electrons. The summed E-state index contributed by atoms with van der Waals surface area (Å²) in [5.74, 6) is 4.42. The summed E-state index contributed by atoms with van der Waals surface area (Å²) in [6.45, 7) is 12.2. The van der Waals surface area contributed by atoms with Crippen LogP contribution in [0.25, 0.3) is 0 Å². The largest absolute Gasteiger partial charge is 0.295 e. The highest BCUT2D eigenvalue weighted by Crippen LogP contribution is 2.66. The summed E-state index contributed by atoms with van der Waals surface area (Å²) in [6, 6.07) is 0. The molecule has 0 aromatic heterocycles. The molecule has 7 atom stereocenters. The van der Waals surface area contributed by atoms with Gasteiger partial charge in [0, 0.05) is 5.92 Å². The summed E-state index contributed by atoms with van der Waals surface area (Å²) in [5, 5.41) is 0. The van der Waals surface area contributed by atoms with Gasteiger partial charge in [-0.05, 0) is 90.6 Å². The second kappa shape index (κ2) is 7.44. The fraction of sp³-hybridized carbons (Fsp3) is 0.815. The molecule has 28 heavy (non-hydrogen) atoms. The van der Waals surface area contributed by atoms with Crippen LogP contribution in [0.3, 0.4) is 0 Å². The predicted molar refractivity (Wildman–Crippen MR) is 118 cm³/mol. The molecule has 0 spiro atoms. The van der Waals surface area contributed by atoms with E-state index in [9.17, 15) is 4.79 Å². The average Bonchev–Trinajstić information content (AvgIpc) is 2.99. The second-order valence-corrected chi connectivity index (χ2v) is 11.6. The van der Waals surface area contributed by atoms with Crippen molar-refractivity contribution in [1.29, 1.82) is 0 Å². The van der Waals surface area contributed by atoms with E-state index in [4.69, 9.17) is 0 Å². The van der Waals surface area contributed by atoms with Gasteiger partial charge in [0.2, 0.25) is 0 Å². The van der Waals surface area contributed by atoms with Gasteiger partial charge in [0.15, 0.2) is 5.78 Å². The van der Waals surface area contributed by atoms with Gasteiger partial charge in [-0.3, -0.25) is 4.79 Å². The molecule has 4 aliphatic carbocycles. The maximum Gasteiger partial charge on any atom is 0.159 e. The van der Waals surface area contributed by atoms with Crippen LogP contribution in [-0.4, -0.2) is 5.78 Å². The first-order valence-corrected chi connectivity index (χ1v) is 12.2. The van der Waals surface area contributed by atoms with Crippen molar-refractivity contribution in [1.82, 2.24) is 0 Å². The molecule has 0 unspecified atom stereocenters. The van der Waals surface area contributed by atoms with Gasteiger partial charge in [-0.1, -0.05) is 66.0 Å². The van der Waals surface area contributed by atoms with Gasteiger partial charge in [0.1, 0.15) is 0 Å². The third-order valence-corrected chi connectivity index (χ3v) is 9.70. The standard InChI is InChI=1S/C27H42O/c1-18(2)9-8-10-19(3)21-12-13-22-25-23(14-16-27(21,22)5)26(4)15-7-6-11-20(26)17-24(25)28/h6,11,17-19,21-23,25H,7-10,12-16H2,1-5H3/t19-,21+,22-,23-,25-,26+,27+/m1/s1. The Morgan fingerprint density at radius 1 is 1.04 bits per heavy atom. The molecule has 0 N–H and O–H groups in total. The van der Waals surface area contributed by atoms with E-state index in [0.717, 1.165) is 17.8 Å². The van der Waals surface area contributed by atoms with E-state index in [0.29, 0.717) is 29.0 Å². The minimum Gasteiger partial charge on any atom is -0.295 e. The Hall–Kier alpha value is -0.850. The Balaban J connectivity index is 1.55. The number of carbonyl (C=O) groups excluding carboxylic acids is 1. The number of allylic oxidation sites excluding steroid dienone is 4. The lowest BCUT2D eigenvalue weighted by molar-refractivity contribution is -0.133. The summed E-state index contributed by atoms with van der Waals surface area (Å²) >= 11 is 0. The molecule has 0 aliphatic heterocycles. The zero-order chi connectivity index (χ0) is 20.1. The number of ketones is 1. The Bertz CT molecular complexity index is 670. The van der Waals surface area contributed by atoms with Crippen LogP contribution < -0.4 is 0 Å². The van der Waals surface area contributed by atoms with Crippen LogP contribution >= 0.6 is 0 Å². The monoisotopic (exact) mass is 382 g/mol. The third kappa shape index (κ3) is 3.16. The van der Waals surface area contributed by atoms with Crippen molar-refractivity contribution in [2.24, 2.45) is 46.3 Å². The summed E-state index contributed by atoms with van der Waals surface area (Å²) in [4.78, 5) is 13.3. The summed E-state index contributed by atoms with van der Waals surface area (Å²) in [5.41, 5.74) is 1.97. The van der Waals surface area contributed by atoms with E-state index in [1.807, 2.05) is 0 Å². The van der Waals surface area contributed by atoms with Crippen molar-refractivity contribution in [3.05, 3.63) is 23.8 Å². The summed E-state index contributed by atoms with van der Waals surface area (Å²) < 4.78 is 0. The van der Waals surface area contributed by atoms with Crippen molar-refractivity contribution in [2.45, 2.75) is 92.4 Å². The highest BCUT2D eigenvalue weighted by molar-refractivity contribution is 5.95. The topological polar surface area (TPSA) is 17.1 Å². The van der Waals surface area contributed by atoms with Crippen LogP contribution in [0.2, 0.25) is 0 Å². The van der Waals surface area contributed by atoms with Gasteiger partial charge in [-0.15, -0.1) is 0 Å². The highest BCUT2D eigenvalue weighted by atomic mass is 16.1. The average molecular weight is 383 g/mol. The lowest BCUT2D eigenvalue weighted by Gasteiger charge is -2.56. The van der Waals surface area contributed by atoms with Crippen LogP contribution in [0.1, 0.15) is 92.4 Å². The Morgan fingerprint density at radius 2 is 1.82 bits per heavy atom. The first kappa shape index (κ1) is 20.4. The normalized spacial score (nSPS) is 43.4. The van der Waals surface area contributed by atoms with Crippen LogP contribution in [-0.2, 0) is 4.79 Å². The molecule has 1 heteroatoms. The van der Waals surface area contributed by atoms with Gasteiger partial charge in [-0.25, -0.2) is 0 Å². The molecule has 0 aromatic carbocycles. The van der Waals surface area contributed by atoms with Crippen molar-refractivity contribution < 1.29 is 4.79 Å². The van der Waals surface area contributed by atoms with E-state index in [1.165, 1.54) is 63.4 Å². The Kier molecular flexibility index (Phi) is 5.43. The molecular formula is C27H42O. The van der Waals surface area contributed by atoms with Crippen molar-refractivity contribution in [3.63, 3.8) is 0 Å². The zero-order valence-corrected chi connectivity index (χ0v) is 19.0. The highest BCUT2D eigenvalue weighted by Gasteiger charge is 2.60. The quantitative estimate of drug-likeness (QED) is 0.485. The Labute approximate surface area is 173 Å². The number of rotatable bonds is 5. The molecule has 2 saturated carbocycles. The van der Waals surface area contributed by atoms with Gasteiger partial charge in [0.25, 0.3) is 0 Å². The van der Waals surface area contributed by atoms with Gasteiger partial charge < -0.3 is 0 Å². The fourth-order valence-electron chi connectivity index (χ4n) is 8.07. The molecular weight excluding hydrogens is 340 g/mol. The predicted octanol–water partition coefficient (Wildman–Crippen LogP) is 7.37. The van der Waals surface area contributed by atoms with Crippen LogP contribution in [0.5, 0.6) is 0 Å². The molecule has 4 rings (SSSR count). The summed E-state index contributed by atoms with van der Waals surface area (Å²) in [6.07, 6.45) is 18.4. The van der Waals surface area contributed by atoms with E-state index in [1.54, 1.807) is 0 Å². The van der Waals surface area contributed by atoms with Crippen LogP contribution in [0.4, 0.5) is 0 Å². The molecule has 1 nitrogen and oxygen atoms in total. The van der Waals surface area contributed by atoms with Crippen molar-refractivity contribution in [2.75, 3.05) is 0 Å².